The number of nitrogens with one attached hydrogen (secondary N) is 1. The Labute approximate surface area is 120 Å². The van der Waals surface area contributed by atoms with Crippen LogP contribution in [-0.2, 0) is 0 Å². The highest BCUT2D eigenvalue weighted by Crippen LogP contribution is 2.21. The minimum Gasteiger partial charge on any atom is -0.494 e. The third kappa shape index (κ3) is 4.42. The fourth-order valence-corrected chi connectivity index (χ4v) is 1.92. The monoisotopic (exact) mass is 280 g/mol. The number of aliphatic hydroxyl groups is 1. The summed E-state index contributed by atoms with van der Waals surface area (Å²) in [4.78, 5) is 12.3. The van der Waals surface area contributed by atoms with E-state index in [1.54, 1.807) is 18.2 Å². The molecule has 1 rings (SSSR count). The lowest BCUT2D eigenvalue weighted by Gasteiger charge is -2.29. The molecule has 5 heteroatoms. The number of anilines is 1. The van der Waals surface area contributed by atoms with Crippen LogP contribution in [0.25, 0.3) is 0 Å². The molecular weight excluding hydrogens is 256 g/mol. The molecule has 1 atom stereocenters. The van der Waals surface area contributed by atoms with Gasteiger partial charge in [-0.15, -0.1) is 0 Å². The predicted molar refractivity (Wildman–Crippen MR) is 79.9 cm³/mol. The van der Waals surface area contributed by atoms with Gasteiger partial charge >= 0.3 is 0 Å². The third-order valence-electron chi connectivity index (χ3n) is 3.36. The largest absolute Gasteiger partial charge is 0.494 e. The van der Waals surface area contributed by atoms with Gasteiger partial charge in [0.15, 0.2) is 0 Å². The molecule has 0 fully saturated rings. The summed E-state index contributed by atoms with van der Waals surface area (Å²) in [6.45, 7) is 6.31. The summed E-state index contributed by atoms with van der Waals surface area (Å²) in [5.41, 5.74) is 6.31. The maximum atomic E-state index is 12.3. The minimum atomic E-state index is -0.428. The van der Waals surface area contributed by atoms with Crippen molar-refractivity contribution in [2.75, 3.05) is 18.9 Å². The van der Waals surface area contributed by atoms with Gasteiger partial charge in [0.1, 0.15) is 5.75 Å². The first-order valence-electron chi connectivity index (χ1n) is 6.91. The topological polar surface area (TPSA) is 84.6 Å². The van der Waals surface area contributed by atoms with Crippen LogP contribution >= 0.6 is 0 Å². The zero-order valence-electron chi connectivity index (χ0n) is 12.4. The molecule has 1 amide bonds. The fourth-order valence-electron chi connectivity index (χ4n) is 1.92. The molecule has 0 heterocycles. The average molecular weight is 280 g/mol. The first-order valence-corrected chi connectivity index (χ1v) is 6.91. The quantitative estimate of drug-likeness (QED) is 0.666. The highest BCUT2D eigenvalue weighted by Gasteiger charge is 2.24. The Balaban J connectivity index is 2.91. The maximum absolute atomic E-state index is 12.3. The smallest absolute Gasteiger partial charge is 0.251 e. The Morgan fingerprint density at radius 1 is 1.40 bits per heavy atom. The molecule has 20 heavy (non-hydrogen) atoms. The molecule has 0 aliphatic rings. The summed E-state index contributed by atoms with van der Waals surface area (Å²) in [6.07, 6.45) is 1.25. The SMILES string of the molecule is CCOc1cc(N)cc(C(=O)NC(C)(CC)CCO)c1. The standard InChI is InChI=1S/C15H24N2O3/c1-4-15(3,6-7-18)17-14(19)11-8-12(16)10-13(9-11)20-5-2/h8-10,18H,4-7,16H2,1-3H3,(H,17,19). The molecule has 5 nitrogen and oxygen atoms in total. The maximum Gasteiger partial charge on any atom is 0.251 e. The van der Waals surface area contributed by atoms with Gasteiger partial charge in [-0.3, -0.25) is 4.79 Å². The van der Waals surface area contributed by atoms with E-state index in [0.29, 0.717) is 30.0 Å². The van der Waals surface area contributed by atoms with Crippen molar-refractivity contribution < 1.29 is 14.6 Å². The molecule has 0 saturated carbocycles. The Hall–Kier alpha value is -1.75. The fraction of sp³-hybridized carbons (Fsp3) is 0.533. The van der Waals surface area contributed by atoms with Crippen LogP contribution in [0.1, 0.15) is 44.0 Å². The number of nitrogens with two attached hydrogens (primary N) is 1. The van der Waals surface area contributed by atoms with Gasteiger partial charge in [-0.2, -0.15) is 0 Å². The Bertz CT molecular complexity index is 462. The number of hydrogen-bond donors (Lipinski definition) is 3. The van der Waals surface area contributed by atoms with Crippen molar-refractivity contribution in [2.45, 2.75) is 39.2 Å². The van der Waals surface area contributed by atoms with Crippen LogP contribution in [0.2, 0.25) is 0 Å². The van der Waals surface area contributed by atoms with E-state index >= 15 is 0 Å². The van der Waals surface area contributed by atoms with Crippen molar-refractivity contribution in [3.63, 3.8) is 0 Å². The lowest BCUT2D eigenvalue weighted by Crippen LogP contribution is -2.46. The van der Waals surface area contributed by atoms with E-state index in [-0.39, 0.29) is 12.5 Å². The van der Waals surface area contributed by atoms with Crippen LogP contribution < -0.4 is 15.8 Å². The second kappa shape index (κ2) is 7.14. The lowest BCUT2D eigenvalue weighted by molar-refractivity contribution is 0.0885. The summed E-state index contributed by atoms with van der Waals surface area (Å²) in [6, 6.07) is 4.98. The van der Waals surface area contributed by atoms with E-state index in [0.717, 1.165) is 6.42 Å². The molecule has 4 N–H and O–H groups in total. The second-order valence-electron chi connectivity index (χ2n) is 5.07. The molecule has 0 spiro atoms. The van der Waals surface area contributed by atoms with Gasteiger partial charge in [0.2, 0.25) is 0 Å². The van der Waals surface area contributed by atoms with E-state index in [9.17, 15) is 4.79 Å². The Kier molecular flexibility index (Phi) is 5.82. The van der Waals surface area contributed by atoms with E-state index < -0.39 is 5.54 Å². The van der Waals surface area contributed by atoms with Gasteiger partial charge in [0.25, 0.3) is 5.91 Å². The predicted octanol–water partition coefficient (Wildman–Crippen LogP) is 1.95. The van der Waals surface area contributed by atoms with Crippen LogP contribution in [0.4, 0.5) is 5.69 Å². The van der Waals surface area contributed by atoms with E-state index in [1.165, 1.54) is 0 Å². The lowest BCUT2D eigenvalue weighted by atomic mass is 9.94. The van der Waals surface area contributed by atoms with Gasteiger partial charge in [0.05, 0.1) is 6.61 Å². The van der Waals surface area contributed by atoms with Crippen molar-refractivity contribution in [2.24, 2.45) is 0 Å². The van der Waals surface area contributed by atoms with E-state index in [2.05, 4.69) is 5.32 Å². The summed E-state index contributed by atoms with van der Waals surface area (Å²) < 4.78 is 5.38. The molecule has 0 aliphatic heterocycles. The number of carbonyl (C=O) groups excluding carboxylic acids is 1. The zero-order valence-corrected chi connectivity index (χ0v) is 12.4. The van der Waals surface area contributed by atoms with Crippen LogP contribution in [0, 0.1) is 0 Å². The van der Waals surface area contributed by atoms with Crippen molar-refractivity contribution in [1.82, 2.24) is 5.32 Å². The van der Waals surface area contributed by atoms with Gasteiger partial charge in [0, 0.05) is 29.5 Å². The number of benzene rings is 1. The van der Waals surface area contributed by atoms with Gasteiger partial charge in [-0.05, 0) is 38.8 Å². The summed E-state index contributed by atoms with van der Waals surface area (Å²) in [7, 11) is 0. The molecule has 1 aromatic rings. The number of aliphatic hydroxyl groups excluding tert-OH is 1. The number of carbonyl (C=O) groups is 1. The van der Waals surface area contributed by atoms with Crippen LogP contribution in [0.3, 0.4) is 0 Å². The summed E-state index contributed by atoms with van der Waals surface area (Å²) >= 11 is 0. The van der Waals surface area contributed by atoms with Crippen molar-refractivity contribution in [3.05, 3.63) is 23.8 Å². The summed E-state index contributed by atoms with van der Waals surface area (Å²) in [5, 5.41) is 12.0. The Morgan fingerprint density at radius 2 is 2.10 bits per heavy atom. The summed E-state index contributed by atoms with van der Waals surface area (Å²) in [5.74, 6) is 0.370. The number of rotatable bonds is 7. The van der Waals surface area contributed by atoms with E-state index in [4.69, 9.17) is 15.6 Å². The van der Waals surface area contributed by atoms with Crippen LogP contribution in [0.5, 0.6) is 5.75 Å². The molecule has 0 saturated heterocycles. The van der Waals surface area contributed by atoms with Crippen molar-refractivity contribution in [1.29, 1.82) is 0 Å². The number of nitrogen functional groups attached to an aromatic ring is 1. The first-order chi connectivity index (χ1) is 9.44. The molecule has 1 unspecified atom stereocenters. The molecule has 112 valence electrons. The average Bonchev–Trinajstić information content (AvgIpc) is 2.38. The van der Waals surface area contributed by atoms with Gasteiger partial charge in [-0.25, -0.2) is 0 Å². The Morgan fingerprint density at radius 3 is 2.65 bits per heavy atom. The molecule has 1 aromatic carbocycles. The van der Waals surface area contributed by atoms with Crippen LogP contribution in [-0.4, -0.2) is 29.8 Å². The second-order valence-corrected chi connectivity index (χ2v) is 5.07. The minimum absolute atomic E-state index is 0.0335. The van der Waals surface area contributed by atoms with Crippen molar-refractivity contribution in [3.8, 4) is 5.75 Å². The normalized spacial score (nSPS) is 13.6. The van der Waals surface area contributed by atoms with Crippen LogP contribution in [0.15, 0.2) is 18.2 Å². The number of hydrogen-bond acceptors (Lipinski definition) is 4. The molecule has 0 radical (unpaired) electrons. The molecule has 0 aliphatic carbocycles. The molecule has 0 bridgehead atoms. The molecular formula is C15H24N2O3. The highest BCUT2D eigenvalue weighted by molar-refractivity contribution is 5.96. The number of ether oxygens (including phenoxy) is 1. The molecule has 0 aromatic heterocycles. The highest BCUT2D eigenvalue weighted by atomic mass is 16.5. The van der Waals surface area contributed by atoms with E-state index in [1.807, 2.05) is 20.8 Å². The first kappa shape index (κ1) is 16.3. The zero-order chi connectivity index (χ0) is 15.2. The van der Waals surface area contributed by atoms with Gasteiger partial charge < -0.3 is 20.9 Å². The van der Waals surface area contributed by atoms with Crippen molar-refractivity contribution >= 4 is 11.6 Å². The number of amides is 1. The third-order valence-corrected chi connectivity index (χ3v) is 3.36. The van der Waals surface area contributed by atoms with Gasteiger partial charge in [-0.1, -0.05) is 6.92 Å².